The maximum atomic E-state index is 13.1. The first kappa shape index (κ1) is 13.6. The van der Waals surface area contributed by atoms with Crippen LogP contribution in [-0.4, -0.2) is 25.5 Å². The van der Waals surface area contributed by atoms with Crippen LogP contribution in [0.4, 0.5) is 4.39 Å². The van der Waals surface area contributed by atoms with Crippen LogP contribution in [0.3, 0.4) is 0 Å². The lowest BCUT2D eigenvalue weighted by molar-refractivity contribution is 0.174. The molecule has 1 aromatic carbocycles. The normalized spacial score (nSPS) is 13.8. The van der Waals surface area contributed by atoms with Crippen LogP contribution >= 0.6 is 15.9 Å². The van der Waals surface area contributed by atoms with Crippen molar-refractivity contribution in [3.05, 3.63) is 34.1 Å². The summed E-state index contributed by atoms with van der Waals surface area (Å²) in [6, 6.07) is 4.23. The van der Waals surface area contributed by atoms with Gasteiger partial charge in [0.25, 0.3) is 0 Å². The van der Waals surface area contributed by atoms with Gasteiger partial charge in [0.1, 0.15) is 15.7 Å². The summed E-state index contributed by atoms with van der Waals surface area (Å²) >= 11 is 3.00. The van der Waals surface area contributed by atoms with Gasteiger partial charge in [0.05, 0.1) is 16.3 Å². The third-order valence-corrected chi connectivity index (χ3v) is 3.71. The van der Waals surface area contributed by atoms with Gasteiger partial charge in [-0.05, 0) is 40.0 Å². The Hall–Kier alpha value is -0.460. The quantitative estimate of drug-likeness (QED) is 0.926. The Labute approximate surface area is 102 Å². The summed E-state index contributed by atoms with van der Waals surface area (Å²) in [7, 11) is -3.11. The minimum absolute atomic E-state index is 0.0694. The van der Waals surface area contributed by atoms with Crippen molar-refractivity contribution in [1.82, 2.24) is 0 Å². The predicted molar refractivity (Wildman–Crippen MR) is 63.4 cm³/mol. The maximum absolute atomic E-state index is 13.1. The Bertz CT molecular complexity index is 473. The molecular formula is C10H12BrFO3S. The number of halogens is 2. The summed E-state index contributed by atoms with van der Waals surface area (Å²) in [5.74, 6) is -0.595. The van der Waals surface area contributed by atoms with E-state index < -0.39 is 21.8 Å². The fourth-order valence-corrected chi connectivity index (χ4v) is 2.11. The Balaban J connectivity index is 2.73. The molecule has 1 N–H and O–H groups in total. The van der Waals surface area contributed by atoms with Crippen molar-refractivity contribution < 1.29 is 17.9 Å². The van der Waals surface area contributed by atoms with Crippen LogP contribution in [0.15, 0.2) is 22.7 Å². The molecule has 16 heavy (non-hydrogen) atoms. The standard InChI is InChI=1S/C10H12BrFO3S/c1-16(14,15)5-4-10(13)7-2-3-8(11)9(12)6-7/h2-3,6,10,13H,4-5H2,1H3. The van der Waals surface area contributed by atoms with Crippen LogP contribution in [0.2, 0.25) is 0 Å². The van der Waals surface area contributed by atoms with E-state index in [1.807, 2.05) is 0 Å². The predicted octanol–water partition coefficient (Wildman–Crippen LogP) is 2.06. The van der Waals surface area contributed by atoms with E-state index in [0.717, 1.165) is 6.26 Å². The molecule has 0 saturated heterocycles. The van der Waals surface area contributed by atoms with E-state index >= 15 is 0 Å². The molecule has 3 nitrogen and oxygen atoms in total. The molecule has 0 amide bonds. The molecule has 0 heterocycles. The van der Waals surface area contributed by atoms with E-state index in [4.69, 9.17) is 0 Å². The number of sulfone groups is 1. The number of benzene rings is 1. The molecule has 6 heteroatoms. The van der Waals surface area contributed by atoms with Crippen molar-refractivity contribution >= 4 is 25.8 Å². The Morgan fingerprint density at radius 2 is 2.12 bits per heavy atom. The topological polar surface area (TPSA) is 54.4 Å². The number of aliphatic hydroxyl groups excluding tert-OH is 1. The fraction of sp³-hybridized carbons (Fsp3) is 0.400. The number of aliphatic hydroxyl groups is 1. The molecule has 0 aromatic heterocycles. The number of rotatable bonds is 4. The number of hydrogen-bond donors (Lipinski definition) is 1. The molecule has 1 aromatic rings. The van der Waals surface area contributed by atoms with Crippen LogP contribution in [0.5, 0.6) is 0 Å². The largest absolute Gasteiger partial charge is 0.388 e. The monoisotopic (exact) mass is 310 g/mol. The molecule has 0 fully saturated rings. The highest BCUT2D eigenvalue weighted by molar-refractivity contribution is 9.10. The van der Waals surface area contributed by atoms with Gasteiger partial charge in [-0.1, -0.05) is 6.07 Å². The zero-order chi connectivity index (χ0) is 12.3. The zero-order valence-electron chi connectivity index (χ0n) is 8.65. The summed E-state index contributed by atoms with van der Waals surface area (Å²) in [6.45, 7) is 0. The molecule has 0 aliphatic carbocycles. The van der Waals surface area contributed by atoms with Crippen LogP contribution in [0, 0.1) is 5.82 Å². The van der Waals surface area contributed by atoms with Crippen molar-refractivity contribution in [2.24, 2.45) is 0 Å². The highest BCUT2D eigenvalue weighted by Crippen LogP contribution is 2.22. The van der Waals surface area contributed by atoms with E-state index in [1.54, 1.807) is 6.07 Å². The SMILES string of the molecule is CS(=O)(=O)CCC(O)c1ccc(Br)c(F)c1. The van der Waals surface area contributed by atoms with Crippen molar-refractivity contribution in [1.29, 1.82) is 0 Å². The molecule has 90 valence electrons. The second-order valence-electron chi connectivity index (χ2n) is 3.61. The molecule has 0 radical (unpaired) electrons. The summed E-state index contributed by atoms with van der Waals surface area (Å²) < 4.78 is 35.2. The maximum Gasteiger partial charge on any atom is 0.147 e. The van der Waals surface area contributed by atoms with Gasteiger partial charge in [0, 0.05) is 6.26 Å². The lowest BCUT2D eigenvalue weighted by Gasteiger charge is -2.10. The highest BCUT2D eigenvalue weighted by atomic mass is 79.9. The van der Waals surface area contributed by atoms with Crippen LogP contribution in [0.1, 0.15) is 18.1 Å². The van der Waals surface area contributed by atoms with Gasteiger partial charge in [-0.2, -0.15) is 0 Å². The van der Waals surface area contributed by atoms with Crippen LogP contribution < -0.4 is 0 Å². The molecule has 1 rings (SSSR count). The smallest absolute Gasteiger partial charge is 0.147 e. The first-order valence-corrected chi connectivity index (χ1v) is 7.45. The molecule has 0 saturated carbocycles. The average molecular weight is 311 g/mol. The third kappa shape index (κ3) is 4.19. The molecule has 0 spiro atoms. The number of hydrogen-bond acceptors (Lipinski definition) is 3. The van der Waals surface area contributed by atoms with E-state index in [9.17, 15) is 17.9 Å². The van der Waals surface area contributed by atoms with Gasteiger partial charge in [-0.3, -0.25) is 0 Å². The molecule has 0 bridgehead atoms. The minimum Gasteiger partial charge on any atom is -0.388 e. The second kappa shape index (κ2) is 5.25. The summed E-state index contributed by atoms with van der Waals surface area (Å²) in [5, 5.41) is 9.65. The molecule has 1 atom stereocenters. The van der Waals surface area contributed by atoms with E-state index in [-0.39, 0.29) is 12.2 Å². The van der Waals surface area contributed by atoms with E-state index in [1.165, 1.54) is 12.1 Å². The molecule has 0 aliphatic rings. The van der Waals surface area contributed by atoms with Crippen molar-refractivity contribution in [2.75, 3.05) is 12.0 Å². The Morgan fingerprint density at radius 3 is 2.62 bits per heavy atom. The minimum atomic E-state index is -3.11. The van der Waals surface area contributed by atoms with Gasteiger partial charge in [0.15, 0.2) is 0 Å². The van der Waals surface area contributed by atoms with Gasteiger partial charge >= 0.3 is 0 Å². The van der Waals surface area contributed by atoms with Gasteiger partial charge < -0.3 is 5.11 Å². The van der Waals surface area contributed by atoms with Crippen LogP contribution in [-0.2, 0) is 9.84 Å². The van der Waals surface area contributed by atoms with Crippen LogP contribution in [0.25, 0.3) is 0 Å². The molecule has 1 unspecified atom stereocenters. The highest BCUT2D eigenvalue weighted by Gasteiger charge is 2.12. The lowest BCUT2D eigenvalue weighted by atomic mass is 10.1. The summed E-state index contributed by atoms with van der Waals surface area (Å²) in [4.78, 5) is 0. The second-order valence-corrected chi connectivity index (χ2v) is 6.72. The summed E-state index contributed by atoms with van der Waals surface area (Å²) in [6.07, 6.45) is 0.208. The Kier molecular flexibility index (Phi) is 4.46. The van der Waals surface area contributed by atoms with Gasteiger partial charge in [-0.25, -0.2) is 12.8 Å². The van der Waals surface area contributed by atoms with E-state index in [2.05, 4.69) is 15.9 Å². The third-order valence-electron chi connectivity index (χ3n) is 2.09. The van der Waals surface area contributed by atoms with Crippen molar-refractivity contribution in [3.63, 3.8) is 0 Å². The first-order valence-electron chi connectivity index (χ1n) is 4.60. The average Bonchev–Trinajstić information content (AvgIpc) is 2.17. The lowest BCUT2D eigenvalue weighted by Crippen LogP contribution is -2.08. The van der Waals surface area contributed by atoms with E-state index in [0.29, 0.717) is 10.0 Å². The molecular weight excluding hydrogens is 299 g/mol. The zero-order valence-corrected chi connectivity index (χ0v) is 11.1. The first-order chi connectivity index (χ1) is 7.29. The summed E-state index contributed by atoms with van der Waals surface area (Å²) in [5.41, 5.74) is 0.379. The van der Waals surface area contributed by atoms with Gasteiger partial charge in [-0.15, -0.1) is 0 Å². The Morgan fingerprint density at radius 1 is 1.50 bits per heavy atom. The molecule has 0 aliphatic heterocycles. The van der Waals surface area contributed by atoms with Crippen molar-refractivity contribution in [3.8, 4) is 0 Å². The fourth-order valence-electron chi connectivity index (χ4n) is 1.21. The van der Waals surface area contributed by atoms with Crippen molar-refractivity contribution in [2.45, 2.75) is 12.5 Å². The van der Waals surface area contributed by atoms with Gasteiger partial charge in [0.2, 0.25) is 0 Å².